The maximum Gasteiger partial charge on any atom is 0.322 e. The summed E-state index contributed by atoms with van der Waals surface area (Å²) in [5.41, 5.74) is 0. The van der Waals surface area contributed by atoms with Crippen molar-refractivity contribution in [2.75, 3.05) is 6.66 Å². The van der Waals surface area contributed by atoms with Gasteiger partial charge in [0.25, 0.3) is 0 Å². The van der Waals surface area contributed by atoms with Crippen LogP contribution in [0.25, 0.3) is 0 Å². The number of hydrogen-bond donors (Lipinski definition) is 0. The van der Waals surface area contributed by atoms with E-state index in [9.17, 15) is 26.3 Å². The van der Waals surface area contributed by atoms with Crippen LogP contribution >= 0.6 is 24.6 Å². The summed E-state index contributed by atoms with van der Waals surface area (Å²) in [6.07, 6.45) is 1.38. The molecule has 3 unspecified atom stereocenters. The number of carbonyl (C=O) groups excluding carboxylic acids is 1. The molecular formula is C6H13F5N3OP3. The van der Waals surface area contributed by atoms with Gasteiger partial charge in [0.1, 0.15) is 5.78 Å². The molecule has 0 aromatic heterocycles. The van der Waals surface area contributed by atoms with Gasteiger partial charge < -0.3 is 0 Å². The van der Waals surface area contributed by atoms with Crippen molar-refractivity contribution in [1.29, 1.82) is 0 Å². The van der Waals surface area contributed by atoms with Crippen molar-refractivity contribution in [1.82, 2.24) is 9.33 Å². The molecule has 12 heteroatoms. The van der Waals surface area contributed by atoms with Crippen molar-refractivity contribution in [2.24, 2.45) is 4.52 Å². The van der Waals surface area contributed by atoms with Crippen LogP contribution in [0, 0.1) is 0 Å². The number of ketones is 1. The third-order valence-corrected chi connectivity index (χ3v) is 7.36. The third kappa shape index (κ3) is 5.14. The minimum Gasteiger partial charge on any atom is -0.300 e. The Morgan fingerprint density at radius 1 is 1.28 bits per heavy atom. The van der Waals surface area contributed by atoms with Gasteiger partial charge in [0.15, 0.2) is 0 Å². The van der Waals surface area contributed by atoms with Gasteiger partial charge in [-0.2, -0.15) is 17.1 Å². The molecule has 108 valence electrons. The standard InChI is InChI=1S/C5H10O.CH3F5N3P3/c1-3-5(6)4-2;1-12(6)7-10(4)8(2)11(5)9(12)3/h3-4H2,1-2H3;1H3. The number of nitrogens with zero attached hydrogens (tertiary/aromatic N) is 3. The highest BCUT2D eigenvalue weighted by Crippen LogP contribution is 2.78. The normalized spacial score (nSPS) is 33.3. The van der Waals surface area contributed by atoms with Gasteiger partial charge in [0.2, 0.25) is 7.52 Å². The number of halogens is 5. The van der Waals surface area contributed by atoms with Gasteiger partial charge in [-0.05, 0) is 9.33 Å². The van der Waals surface area contributed by atoms with Crippen molar-refractivity contribution in [2.45, 2.75) is 26.7 Å². The van der Waals surface area contributed by atoms with Crippen LogP contribution in [0.4, 0.5) is 21.6 Å². The molecule has 0 N–H and O–H groups in total. The molecule has 0 aromatic carbocycles. The largest absolute Gasteiger partial charge is 0.322 e. The molecule has 0 aliphatic carbocycles. The summed E-state index contributed by atoms with van der Waals surface area (Å²) >= 11 is 0. The zero-order valence-corrected chi connectivity index (χ0v) is 12.6. The number of carbonyl (C=O) groups is 1. The van der Waals surface area contributed by atoms with E-state index in [-0.39, 0.29) is 0 Å². The average molecular weight is 331 g/mol. The van der Waals surface area contributed by atoms with Gasteiger partial charge in [-0.25, -0.2) is 0 Å². The molecule has 0 amide bonds. The molecule has 0 spiro atoms. The van der Waals surface area contributed by atoms with Crippen LogP contribution in [0.2, 0.25) is 0 Å². The van der Waals surface area contributed by atoms with Gasteiger partial charge in [0, 0.05) is 19.5 Å². The quantitative estimate of drug-likeness (QED) is 0.366. The molecule has 0 aromatic rings. The Labute approximate surface area is 105 Å². The minimum absolute atomic E-state index is 0.343. The number of rotatable bonds is 2. The van der Waals surface area contributed by atoms with E-state index in [1.807, 2.05) is 13.8 Å². The Morgan fingerprint density at radius 3 is 2.06 bits per heavy atom. The van der Waals surface area contributed by atoms with Crippen LogP contribution in [0.3, 0.4) is 0 Å². The minimum atomic E-state index is -4.26. The maximum atomic E-state index is 12.8. The van der Waals surface area contributed by atoms with Crippen LogP contribution in [0.1, 0.15) is 26.7 Å². The second kappa shape index (κ2) is 7.81. The molecule has 0 radical (unpaired) electrons. The number of hydrogen-bond acceptors (Lipinski definition) is 4. The fourth-order valence-electron chi connectivity index (χ4n) is 0.707. The molecule has 0 bridgehead atoms. The highest BCUT2D eigenvalue weighted by Gasteiger charge is 2.47. The molecule has 0 fully saturated rings. The Hall–Kier alpha value is 0.330. The summed E-state index contributed by atoms with van der Waals surface area (Å²) in [7, 11) is -11.3. The lowest BCUT2D eigenvalue weighted by Gasteiger charge is -2.28. The third-order valence-electron chi connectivity index (χ3n) is 1.74. The van der Waals surface area contributed by atoms with Gasteiger partial charge >= 0.3 is 17.1 Å². The lowest BCUT2D eigenvalue weighted by Crippen LogP contribution is -2.10. The van der Waals surface area contributed by atoms with Crippen LogP contribution in [0.15, 0.2) is 4.52 Å². The monoisotopic (exact) mass is 331 g/mol. The van der Waals surface area contributed by atoms with Gasteiger partial charge in [-0.3, -0.25) is 4.79 Å². The van der Waals surface area contributed by atoms with Crippen LogP contribution in [0.5, 0.6) is 0 Å². The topological polar surface area (TPSA) is 35.9 Å². The van der Waals surface area contributed by atoms with E-state index in [1.54, 1.807) is 0 Å². The van der Waals surface area contributed by atoms with Crippen molar-refractivity contribution in [3.05, 3.63) is 0 Å². The van der Waals surface area contributed by atoms with Crippen LogP contribution in [-0.4, -0.2) is 21.8 Å². The molecule has 3 atom stereocenters. The average Bonchev–Trinajstić information content (AvgIpc) is 2.33. The van der Waals surface area contributed by atoms with Crippen molar-refractivity contribution in [3.8, 4) is 0 Å². The summed E-state index contributed by atoms with van der Waals surface area (Å²) in [6.45, 7) is 4.38. The van der Waals surface area contributed by atoms with Gasteiger partial charge in [-0.1, -0.05) is 13.8 Å². The molecule has 1 aliphatic heterocycles. The van der Waals surface area contributed by atoms with E-state index in [2.05, 4.69) is 4.52 Å². The Morgan fingerprint density at radius 2 is 1.72 bits per heavy atom. The van der Waals surface area contributed by atoms with Crippen LogP contribution in [-0.2, 0) is 4.79 Å². The molecule has 1 aliphatic rings. The summed E-state index contributed by atoms with van der Waals surface area (Å²) in [5.74, 6) is 0.343. The molecule has 18 heavy (non-hydrogen) atoms. The molecule has 4 nitrogen and oxygen atoms in total. The van der Waals surface area contributed by atoms with Gasteiger partial charge in [-0.15, -0.1) is 8.96 Å². The molecular weight excluding hydrogens is 318 g/mol. The van der Waals surface area contributed by atoms with E-state index < -0.39 is 33.9 Å². The first-order valence-corrected chi connectivity index (χ1v) is 9.13. The van der Waals surface area contributed by atoms with E-state index in [1.165, 1.54) is 0 Å². The first-order chi connectivity index (χ1) is 8.17. The fraction of sp³-hybridized carbons (Fsp3) is 0.833. The second-order valence-corrected chi connectivity index (χ2v) is 8.44. The Balaban J connectivity index is 0.000000411. The van der Waals surface area contributed by atoms with Crippen molar-refractivity contribution >= 4 is 30.4 Å². The first kappa shape index (κ1) is 18.3. The Bertz CT molecular complexity index is 334. The predicted molar refractivity (Wildman–Crippen MR) is 63.9 cm³/mol. The first-order valence-electron chi connectivity index (χ1n) is 4.82. The highest BCUT2D eigenvalue weighted by molar-refractivity contribution is 7.79. The van der Waals surface area contributed by atoms with Crippen LogP contribution < -0.4 is 0 Å². The van der Waals surface area contributed by atoms with E-state index in [0.29, 0.717) is 25.3 Å². The lowest BCUT2D eigenvalue weighted by molar-refractivity contribution is -0.118. The zero-order valence-electron chi connectivity index (χ0n) is 9.90. The zero-order chi connectivity index (χ0) is 14.5. The highest BCUT2D eigenvalue weighted by atomic mass is 31.3. The second-order valence-electron chi connectivity index (χ2n) is 3.11. The summed E-state index contributed by atoms with van der Waals surface area (Å²) in [6, 6.07) is 0. The van der Waals surface area contributed by atoms with E-state index in [0.717, 1.165) is 0 Å². The van der Waals surface area contributed by atoms with Crippen molar-refractivity contribution < 1.29 is 26.3 Å². The van der Waals surface area contributed by atoms with E-state index >= 15 is 0 Å². The van der Waals surface area contributed by atoms with E-state index in [4.69, 9.17) is 0 Å². The summed E-state index contributed by atoms with van der Waals surface area (Å²) < 4.78 is 62.6. The van der Waals surface area contributed by atoms with Gasteiger partial charge in [0.05, 0.1) is 0 Å². The fourth-order valence-corrected chi connectivity index (χ4v) is 5.25. The molecule has 1 rings (SSSR count). The van der Waals surface area contributed by atoms with Crippen molar-refractivity contribution in [3.63, 3.8) is 0 Å². The lowest BCUT2D eigenvalue weighted by atomic mass is 10.3. The summed E-state index contributed by atoms with van der Waals surface area (Å²) in [4.78, 5) is 10.2. The SMILES string of the molecule is CCC(=O)CC.CP1(F)=NP(F)N(F)P(F)N1F. The maximum absolute atomic E-state index is 12.8. The molecule has 1 heterocycles. The summed E-state index contributed by atoms with van der Waals surface area (Å²) in [5, 5.41) is 0. The molecule has 0 saturated carbocycles. The molecule has 0 saturated heterocycles. The Kier molecular flexibility index (Phi) is 7.95. The smallest absolute Gasteiger partial charge is 0.300 e. The predicted octanol–water partition coefficient (Wildman–Crippen LogP) is 5.77. The number of Topliss-reactive ketones (excluding diaryl/α,β-unsaturated/α-hetero) is 1.